The second-order valence-corrected chi connectivity index (χ2v) is 10.1. The van der Waals surface area contributed by atoms with Gasteiger partial charge in [0.25, 0.3) is 5.91 Å². The number of ether oxygens (including phenoxy) is 1. The average molecular weight is 437 g/mol. The standard InChI is InChI=1S/C21H28N2O6S/c1-3-23(18-9-11-30(27,28)14-18)20(25)15(2)29-21(26)17-7-4-6-16(12-17)13-22-10-5-8-19(22)24/h4,6-7,12,15,18H,3,5,8-11,13-14H2,1-2H3. The summed E-state index contributed by atoms with van der Waals surface area (Å²) in [5.74, 6) is -0.894. The number of likely N-dealkylation sites (N-methyl/N-ethyl adjacent to an activating group) is 1. The maximum Gasteiger partial charge on any atom is 0.338 e. The van der Waals surface area contributed by atoms with Crippen molar-refractivity contribution in [2.75, 3.05) is 24.6 Å². The molecular formula is C21H28N2O6S. The lowest BCUT2D eigenvalue weighted by Gasteiger charge is -2.29. The first kappa shape index (κ1) is 22.3. The molecule has 2 aliphatic rings. The van der Waals surface area contributed by atoms with Crippen LogP contribution in [0.3, 0.4) is 0 Å². The third kappa shape index (κ3) is 5.19. The van der Waals surface area contributed by atoms with Crippen LogP contribution in [-0.2, 0) is 30.7 Å². The Kier molecular flexibility index (Phi) is 6.80. The van der Waals surface area contributed by atoms with E-state index < -0.39 is 27.8 Å². The lowest BCUT2D eigenvalue weighted by atomic mass is 10.1. The summed E-state index contributed by atoms with van der Waals surface area (Å²) in [7, 11) is -3.12. The molecule has 8 nitrogen and oxygen atoms in total. The molecule has 0 aromatic heterocycles. The van der Waals surface area contributed by atoms with E-state index in [1.54, 1.807) is 30.0 Å². The lowest BCUT2D eigenvalue weighted by Crippen LogP contribution is -2.46. The first-order chi connectivity index (χ1) is 14.2. The predicted molar refractivity (Wildman–Crippen MR) is 110 cm³/mol. The highest BCUT2D eigenvalue weighted by atomic mass is 32.2. The van der Waals surface area contributed by atoms with Gasteiger partial charge in [-0.05, 0) is 44.4 Å². The van der Waals surface area contributed by atoms with E-state index >= 15 is 0 Å². The van der Waals surface area contributed by atoms with E-state index in [-0.39, 0.29) is 23.5 Å². The number of benzene rings is 1. The molecule has 2 unspecified atom stereocenters. The molecule has 2 aliphatic heterocycles. The molecule has 1 aromatic carbocycles. The fourth-order valence-electron chi connectivity index (χ4n) is 4.02. The molecule has 2 amide bonds. The van der Waals surface area contributed by atoms with Gasteiger partial charge in [-0.15, -0.1) is 0 Å². The zero-order valence-electron chi connectivity index (χ0n) is 17.4. The summed E-state index contributed by atoms with van der Waals surface area (Å²) in [4.78, 5) is 40.4. The van der Waals surface area contributed by atoms with Crippen molar-refractivity contribution in [3.05, 3.63) is 35.4 Å². The minimum absolute atomic E-state index is 0.0511. The minimum Gasteiger partial charge on any atom is -0.449 e. The molecule has 2 atom stereocenters. The number of sulfone groups is 1. The zero-order chi connectivity index (χ0) is 21.9. The van der Waals surface area contributed by atoms with Gasteiger partial charge in [0.1, 0.15) is 0 Å². The number of hydrogen-bond donors (Lipinski definition) is 0. The molecule has 0 N–H and O–H groups in total. The van der Waals surface area contributed by atoms with Crippen molar-refractivity contribution in [3.63, 3.8) is 0 Å². The Labute approximate surface area is 177 Å². The van der Waals surface area contributed by atoms with E-state index in [0.29, 0.717) is 38.0 Å². The third-order valence-corrected chi connectivity index (χ3v) is 7.36. The summed E-state index contributed by atoms with van der Waals surface area (Å²) in [5.41, 5.74) is 1.13. The number of hydrogen-bond acceptors (Lipinski definition) is 6. The molecule has 1 aromatic rings. The van der Waals surface area contributed by atoms with Gasteiger partial charge in [0.2, 0.25) is 5.91 Å². The van der Waals surface area contributed by atoms with Gasteiger partial charge in [-0.25, -0.2) is 13.2 Å². The molecule has 0 bridgehead atoms. The van der Waals surface area contributed by atoms with Crippen LogP contribution in [0.25, 0.3) is 0 Å². The molecule has 0 spiro atoms. The van der Waals surface area contributed by atoms with Crippen molar-refractivity contribution in [3.8, 4) is 0 Å². The second-order valence-electron chi connectivity index (χ2n) is 7.85. The van der Waals surface area contributed by atoms with E-state index in [2.05, 4.69) is 0 Å². The van der Waals surface area contributed by atoms with E-state index in [1.807, 2.05) is 6.07 Å². The molecule has 3 rings (SSSR count). The Bertz CT molecular complexity index is 929. The summed E-state index contributed by atoms with van der Waals surface area (Å²) in [6.07, 6.45) is 0.776. The van der Waals surface area contributed by atoms with Gasteiger partial charge < -0.3 is 14.5 Å². The summed E-state index contributed by atoms with van der Waals surface area (Å²) >= 11 is 0. The number of rotatable bonds is 7. The topological polar surface area (TPSA) is 101 Å². The van der Waals surface area contributed by atoms with E-state index in [4.69, 9.17) is 4.74 Å². The lowest BCUT2D eigenvalue weighted by molar-refractivity contribution is -0.141. The normalized spacial score (nSPS) is 21.5. The SMILES string of the molecule is CCN(C(=O)C(C)OC(=O)c1cccc(CN2CCCC2=O)c1)C1CCS(=O)(=O)C1. The summed E-state index contributed by atoms with van der Waals surface area (Å²) < 4.78 is 28.9. The first-order valence-corrected chi connectivity index (χ1v) is 12.1. The second kappa shape index (κ2) is 9.16. The van der Waals surface area contributed by atoms with Crippen LogP contribution in [0.1, 0.15) is 49.0 Å². The molecule has 2 saturated heterocycles. The molecule has 0 radical (unpaired) electrons. The van der Waals surface area contributed by atoms with E-state index in [9.17, 15) is 22.8 Å². The Morgan fingerprint density at radius 3 is 2.70 bits per heavy atom. The average Bonchev–Trinajstić information content (AvgIpc) is 3.27. The Morgan fingerprint density at radius 1 is 1.33 bits per heavy atom. The maximum absolute atomic E-state index is 12.8. The molecular weight excluding hydrogens is 408 g/mol. The summed E-state index contributed by atoms with van der Waals surface area (Å²) in [5, 5.41) is 0. The zero-order valence-corrected chi connectivity index (χ0v) is 18.2. The highest BCUT2D eigenvalue weighted by molar-refractivity contribution is 7.91. The smallest absolute Gasteiger partial charge is 0.338 e. The Balaban J connectivity index is 1.62. The first-order valence-electron chi connectivity index (χ1n) is 10.3. The summed E-state index contributed by atoms with van der Waals surface area (Å²) in [6, 6.07) is 6.47. The van der Waals surface area contributed by atoms with Crippen LogP contribution in [0.15, 0.2) is 24.3 Å². The fraction of sp³-hybridized carbons (Fsp3) is 0.571. The number of nitrogens with zero attached hydrogens (tertiary/aromatic N) is 2. The van der Waals surface area contributed by atoms with Gasteiger partial charge in [0, 0.05) is 32.1 Å². The van der Waals surface area contributed by atoms with Crippen LogP contribution in [0.2, 0.25) is 0 Å². The van der Waals surface area contributed by atoms with Gasteiger partial charge in [0.05, 0.1) is 17.1 Å². The number of amides is 2. The molecule has 0 saturated carbocycles. The highest BCUT2D eigenvalue weighted by Crippen LogP contribution is 2.20. The van der Waals surface area contributed by atoms with Crippen LogP contribution >= 0.6 is 0 Å². The van der Waals surface area contributed by atoms with Crippen LogP contribution in [-0.4, -0.2) is 72.7 Å². The van der Waals surface area contributed by atoms with Crippen molar-refractivity contribution in [1.82, 2.24) is 9.80 Å². The molecule has 2 heterocycles. The third-order valence-electron chi connectivity index (χ3n) is 5.61. The Hall–Kier alpha value is -2.42. The molecule has 0 aliphatic carbocycles. The van der Waals surface area contributed by atoms with Crippen molar-refractivity contribution < 1.29 is 27.5 Å². The summed E-state index contributed by atoms with van der Waals surface area (Å²) in [6.45, 7) is 4.77. The van der Waals surface area contributed by atoms with Gasteiger partial charge in [0.15, 0.2) is 15.9 Å². The number of likely N-dealkylation sites (tertiary alicyclic amines) is 1. The number of carbonyl (C=O) groups excluding carboxylic acids is 3. The van der Waals surface area contributed by atoms with Crippen LogP contribution in [0, 0.1) is 0 Å². The van der Waals surface area contributed by atoms with Crippen LogP contribution < -0.4 is 0 Å². The van der Waals surface area contributed by atoms with Crippen molar-refractivity contribution >= 4 is 27.6 Å². The van der Waals surface area contributed by atoms with Crippen LogP contribution in [0.5, 0.6) is 0 Å². The highest BCUT2D eigenvalue weighted by Gasteiger charge is 2.36. The largest absolute Gasteiger partial charge is 0.449 e. The van der Waals surface area contributed by atoms with E-state index in [0.717, 1.165) is 12.0 Å². The fourth-order valence-corrected chi connectivity index (χ4v) is 5.75. The number of esters is 1. The van der Waals surface area contributed by atoms with Crippen molar-refractivity contribution in [2.24, 2.45) is 0 Å². The van der Waals surface area contributed by atoms with Gasteiger partial charge in [-0.2, -0.15) is 0 Å². The molecule has 2 fully saturated rings. The van der Waals surface area contributed by atoms with E-state index in [1.165, 1.54) is 11.8 Å². The van der Waals surface area contributed by atoms with Gasteiger partial charge in [-0.3, -0.25) is 9.59 Å². The number of carbonyl (C=O) groups is 3. The maximum atomic E-state index is 12.8. The van der Waals surface area contributed by atoms with Crippen molar-refractivity contribution in [2.45, 2.75) is 51.8 Å². The quantitative estimate of drug-likeness (QED) is 0.599. The Morgan fingerprint density at radius 2 is 2.10 bits per heavy atom. The van der Waals surface area contributed by atoms with Gasteiger partial charge in [-0.1, -0.05) is 12.1 Å². The monoisotopic (exact) mass is 436 g/mol. The predicted octanol–water partition coefficient (Wildman–Crippen LogP) is 1.39. The molecule has 9 heteroatoms. The van der Waals surface area contributed by atoms with Crippen LogP contribution in [0.4, 0.5) is 0 Å². The van der Waals surface area contributed by atoms with Gasteiger partial charge >= 0.3 is 5.97 Å². The minimum atomic E-state index is -3.12. The molecule has 30 heavy (non-hydrogen) atoms. The van der Waals surface area contributed by atoms with Crippen molar-refractivity contribution in [1.29, 1.82) is 0 Å². The molecule has 164 valence electrons.